The summed E-state index contributed by atoms with van der Waals surface area (Å²) in [6.07, 6.45) is 2.28. The van der Waals surface area contributed by atoms with Gasteiger partial charge in [-0.15, -0.1) is 0 Å². The number of nitrogens with zero attached hydrogens (tertiary/aromatic N) is 3. The third-order valence-corrected chi connectivity index (χ3v) is 11.2. The molecule has 1 fully saturated rings. The Morgan fingerprint density at radius 3 is 2.13 bits per heavy atom. The topological polar surface area (TPSA) is 136 Å². The van der Waals surface area contributed by atoms with Crippen molar-refractivity contribution >= 4 is 40.9 Å². The standard InChI is InChI=1S/C44H50ClN5O5/c1-4-41(52)50(34-12-6-5-7-13-34)35-18-20-48(21-19-35)44(55)39(24-30-14-16-33(45)17-15-30)47-42(53)40-25-31-10-8-9-11-32(31)27-49(40)43(54)38(46)26-37-28(2)22-36(51)23-29(37)3/h5-17,22-23,35,38-40,51H,4,18-21,24-27,46H2,1-3H3,(H,47,53)/t38-,39+,40-/m0/s1. The van der Waals surface area contributed by atoms with Gasteiger partial charge in [-0.1, -0.05) is 73.1 Å². The lowest BCUT2D eigenvalue weighted by Crippen LogP contribution is -2.60. The van der Waals surface area contributed by atoms with Crippen molar-refractivity contribution < 1.29 is 24.3 Å². The maximum Gasteiger partial charge on any atom is 0.245 e. The number of aromatic hydroxyl groups is 1. The summed E-state index contributed by atoms with van der Waals surface area (Å²) in [5.74, 6) is -0.841. The fourth-order valence-corrected chi connectivity index (χ4v) is 8.13. The van der Waals surface area contributed by atoms with Gasteiger partial charge in [0.1, 0.15) is 17.8 Å². The summed E-state index contributed by atoms with van der Waals surface area (Å²) in [6, 6.07) is 25.0. The van der Waals surface area contributed by atoms with Crippen molar-refractivity contribution in [2.75, 3.05) is 18.0 Å². The molecule has 0 radical (unpaired) electrons. The van der Waals surface area contributed by atoms with Crippen molar-refractivity contribution in [1.82, 2.24) is 15.1 Å². The number of benzene rings is 4. The third-order valence-electron chi connectivity index (χ3n) is 11.0. The maximum absolute atomic E-state index is 14.5. The number of para-hydroxylation sites is 1. The molecule has 4 aromatic carbocycles. The summed E-state index contributed by atoms with van der Waals surface area (Å²) in [6.45, 7) is 6.64. The highest BCUT2D eigenvalue weighted by atomic mass is 35.5. The van der Waals surface area contributed by atoms with Crippen LogP contribution in [0.2, 0.25) is 5.02 Å². The molecular formula is C44H50ClN5O5. The summed E-state index contributed by atoms with van der Waals surface area (Å²) in [4.78, 5) is 61.4. The molecule has 0 spiro atoms. The van der Waals surface area contributed by atoms with Crippen molar-refractivity contribution in [2.45, 2.75) is 90.0 Å². The lowest BCUT2D eigenvalue weighted by atomic mass is 9.91. The molecule has 0 aromatic heterocycles. The first-order chi connectivity index (χ1) is 26.4. The van der Waals surface area contributed by atoms with Gasteiger partial charge in [0.25, 0.3) is 0 Å². The quantitative estimate of drug-likeness (QED) is 0.181. The van der Waals surface area contributed by atoms with Crippen LogP contribution in [0.5, 0.6) is 5.75 Å². The first-order valence-electron chi connectivity index (χ1n) is 19.1. The van der Waals surface area contributed by atoms with Crippen LogP contribution >= 0.6 is 11.6 Å². The van der Waals surface area contributed by atoms with E-state index >= 15 is 0 Å². The third kappa shape index (κ3) is 9.20. The number of aryl methyl sites for hydroxylation is 2. The van der Waals surface area contributed by atoms with Gasteiger partial charge in [-0.25, -0.2) is 0 Å². The number of hydrogen-bond donors (Lipinski definition) is 3. The van der Waals surface area contributed by atoms with Crippen LogP contribution in [-0.2, 0) is 45.0 Å². The molecule has 288 valence electrons. The summed E-state index contributed by atoms with van der Waals surface area (Å²) in [7, 11) is 0. The van der Waals surface area contributed by atoms with Crippen LogP contribution in [0.15, 0.2) is 91.0 Å². The van der Waals surface area contributed by atoms with Crippen molar-refractivity contribution in [3.05, 3.63) is 129 Å². The van der Waals surface area contributed by atoms with E-state index in [4.69, 9.17) is 17.3 Å². The van der Waals surface area contributed by atoms with Gasteiger partial charge in [0, 0.05) is 55.6 Å². The van der Waals surface area contributed by atoms with Gasteiger partial charge in [0.2, 0.25) is 23.6 Å². The van der Waals surface area contributed by atoms with Gasteiger partial charge >= 0.3 is 0 Å². The molecule has 4 amide bonds. The molecule has 4 N–H and O–H groups in total. The highest BCUT2D eigenvalue weighted by Gasteiger charge is 2.39. The summed E-state index contributed by atoms with van der Waals surface area (Å²) < 4.78 is 0. The minimum absolute atomic E-state index is 0.0325. The summed E-state index contributed by atoms with van der Waals surface area (Å²) >= 11 is 6.19. The molecule has 2 aliphatic rings. The zero-order chi connectivity index (χ0) is 39.2. The molecule has 10 nitrogen and oxygen atoms in total. The highest BCUT2D eigenvalue weighted by molar-refractivity contribution is 6.30. The number of hydrogen-bond acceptors (Lipinski definition) is 6. The summed E-state index contributed by atoms with van der Waals surface area (Å²) in [5.41, 5.74) is 12.7. The fourth-order valence-electron chi connectivity index (χ4n) is 8.01. The normalized spacial score (nSPS) is 16.9. The average molecular weight is 764 g/mol. The molecule has 55 heavy (non-hydrogen) atoms. The van der Waals surface area contributed by atoms with Gasteiger partial charge in [0.15, 0.2) is 0 Å². The second-order valence-electron chi connectivity index (χ2n) is 14.7. The van der Waals surface area contributed by atoms with Gasteiger partial charge < -0.3 is 30.9 Å². The van der Waals surface area contributed by atoms with Crippen LogP contribution in [-0.4, -0.2) is 75.8 Å². The van der Waals surface area contributed by atoms with E-state index in [0.717, 1.165) is 39.1 Å². The predicted octanol–water partition coefficient (Wildman–Crippen LogP) is 5.65. The van der Waals surface area contributed by atoms with Gasteiger partial charge in [0.05, 0.1) is 6.04 Å². The monoisotopic (exact) mass is 763 g/mol. The number of phenols is 1. The number of nitrogens with two attached hydrogens (primary N) is 1. The summed E-state index contributed by atoms with van der Waals surface area (Å²) in [5, 5.41) is 13.7. The Kier molecular flexibility index (Phi) is 12.6. The zero-order valence-corrected chi connectivity index (χ0v) is 32.5. The van der Waals surface area contributed by atoms with E-state index < -0.39 is 24.0 Å². The lowest BCUT2D eigenvalue weighted by Gasteiger charge is -2.40. The van der Waals surface area contributed by atoms with E-state index in [9.17, 15) is 24.3 Å². The molecular weight excluding hydrogens is 714 g/mol. The Hall–Kier alpha value is -5.19. The molecule has 2 aliphatic heterocycles. The molecule has 4 aromatic rings. The van der Waals surface area contributed by atoms with Crippen LogP contribution in [0.1, 0.15) is 59.6 Å². The Morgan fingerprint density at radius 2 is 1.49 bits per heavy atom. The van der Waals surface area contributed by atoms with Crippen molar-refractivity contribution in [1.29, 1.82) is 0 Å². The average Bonchev–Trinajstić information content (AvgIpc) is 3.19. The van der Waals surface area contributed by atoms with E-state index in [0.29, 0.717) is 37.4 Å². The number of anilines is 1. The van der Waals surface area contributed by atoms with Crippen molar-refractivity contribution in [3.63, 3.8) is 0 Å². The Morgan fingerprint density at radius 1 is 0.873 bits per heavy atom. The van der Waals surface area contributed by atoms with Crippen LogP contribution < -0.4 is 16.0 Å². The highest BCUT2D eigenvalue weighted by Crippen LogP contribution is 2.28. The molecule has 0 saturated carbocycles. The minimum atomic E-state index is -0.940. The van der Waals surface area contributed by atoms with E-state index in [1.54, 1.807) is 34.1 Å². The van der Waals surface area contributed by atoms with E-state index in [1.165, 1.54) is 0 Å². The van der Waals surface area contributed by atoms with Crippen LogP contribution in [0, 0.1) is 13.8 Å². The second-order valence-corrected chi connectivity index (χ2v) is 15.2. The number of fused-ring (bicyclic) bond motifs is 1. The number of halogens is 1. The molecule has 0 aliphatic carbocycles. The molecule has 2 heterocycles. The Labute approximate surface area is 328 Å². The lowest BCUT2D eigenvalue weighted by molar-refractivity contribution is -0.144. The molecule has 6 rings (SSSR count). The van der Waals surface area contributed by atoms with Gasteiger partial charge in [-0.3, -0.25) is 19.2 Å². The first kappa shape index (κ1) is 39.5. The number of carbonyl (C=O) groups excluding carboxylic acids is 4. The van der Waals surface area contributed by atoms with Crippen LogP contribution in [0.4, 0.5) is 5.69 Å². The molecule has 3 atom stereocenters. The van der Waals surface area contributed by atoms with Crippen molar-refractivity contribution in [2.24, 2.45) is 5.73 Å². The largest absolute Gasteiger partial charge is 0.508 e. The number of carbonyl (C=O) groups is 4. The zero-order valence-electron chi connectivity index (χ0n) is 31.7. The van der Waals surface area contributed by atoms with Gasteiger partial charge in [-0.05, 0) is 103 Å². The minimum Gasteiger partial charge on any atom is -0.508 e. The van der Waals surface area contributed by atoms with E-state index in [2.05, 4.69) is 5.32 Å². The second kappa shape index (κ2) is 17.5. The SMILES string of the molecule is CCC(=O)N(c1ccccc1)C1CCN(C(=O)[C@@H](Cc2ccc(Cl)cc2)NC(=O)[C@@H]2Cc3ccccc3CN2C(=O)[C@@H](N)Cc2c(C)cc(O)cc2C)CC1. The van der Waals surface area contributed by atoms with E-state index in [1.807, 2.05) is 92.4 Å². The molecule has 0 unspecified atom stereocenters. The van der Waals surface area contributed by atoms with Crippen LogP contribution in [0.25, 0.3) is 0 Å². The number of piperidine rings is 1. The molecule has 11 heteroatoms. The Bertz CT molecular complexity index is 1990. The van der Waals surface area contributed by atoms with Crippen molar-refractivity contribution in [3.8, 4) is 5.75 Å². The number of phenolic OH excluding ortho intramolecular Hbond substituents is 1. The number of amides is 4. The predicted molar refractivity (Wildman–Crippen MR) is 215 cm³/mol. The molecule has 1 saturated heterocycles. The molecule has 0 bridgehead atoms. The van der Waals surface area contributed by atoms with Crippen LogP contribution in [0.3, 0.4) is 0 Å². The first-order valence-corrected chi connectivity index (χ1v) is 19.4. The fraction of sp³-hybridized carbons (Fsp3) is 0.364. The number of rotatable bonds is 11. The smallest absolute Gasteiger partial charge is 0.245 e. The van der Waals surface area contributed by atoms with Gasteiger partial charge in [-0.2, -0.15) is 0 Å². The maximum atomic E-state index is 14.5. The number of likely N-dealkylation sites (tertiary alicyclic amines) is 1. The van der Waals surface area contributed by atoms with E-state index in [-0.39, 0.29) is 55.3 Å². The number of nitrogens with one attached hydrogen (secondary N) is 1. The Balaban J connectivity index is 1.23.